The third-order valence-corrected chi connectivity index (χ3v) is 3.09. The number of carbonyl (C=O) groups excluding carboxylic acids is 1. The lowest BCUT2D eigenvalue weighted by atomic mass is 10.1. The molecule has 0 radical (unpaired) electrons. The van der Waals surface area contributed by atoms with Crippen LogP contribution in [0.4, 0.5) is 14.5 Å². The van der Waals surface area contributed by atoms with E-state index in [2.05, 4.69) is 5.32 Å². The summed E-state index contributed by atoms with van der Waals surface area (Å²) >= 11 is 11.2. The maximum atomic E-state index is 13.5. The first-order valence-corrected chi connectivity index (χ1v) is 6.40. The van der Waals surface area contributed by atoms with E-state index < -0.39 is 17.5 Å². The van der Waals surface area contributed by atoms with Gasteiger partial charge in [0.15, 0.2) is 0 Å². The molecule has 0 saturated heterocycles. The van der Waals surface area contributed by atoms with Crippen LogP contribution in [0, 0.1) is 11.6 Å². The smallest absolute Gasteiger partial charge is 0.228 e. The fourth-order valence-electron chi connectivity index (χ4n) is 1.62. The minimum absolute atomic E-state index is 0.0968. The Bertz CT molecular complexity index is 662. The zero-order valence-corrected chi connectivity index (χ0v) is 11.6. The molecule has 2 nitrogen and oxygen atoms in total. The number of halogens is 4. The summed E-state index contributed by atoms with van der Waals surface area (Å²) in [5.41, 5.74) is 0.566. The maximum Gasteiger partial charge on any atom is 0.228 e. The highest BCUT2D eigenvalue weighted by Gasteiger charge is 2.10. The molecule has 0 unspecified atom stereocenters. The van der Waals surface area contributed by atoms with Gasteiger partial charge in [0.05, 0.1) is 11.4 Å². The average Bonchev–Trinajstić information content (AvgIpc) is 2.37. The Balaban J connectivity index is 2.07. The van der Waals surface area contributed by atoms with Crippen molar-refractivity contribution in [2.45, 2.75) is 6.42 Å². The molecular weight excluding hydrogens is 307 g/mol. The molecule has 0 heterocycles. The summed E-state index contributed by atoms with van der Waals surface area (Å²) in [4.78, 5) is 11.8. The van der Waals surface area contributed by atoms with Crippen molar-refractivity contribution in [3.8, 4) is 0 Å². The van der Waals surface area contributed by atoms with E-state index in [1.54, 1.807) is 0 Å². The van der Waals surface area contributed by atoms with Crippen molar-refractivity contribution in [1.82, 2.24) is 0 Å². The van der Waals surface area contributed by atoms with E-state index in [0.29, 0.717) is 5.69 Å². The molecule has 20 heavy (non-hydrogen) atoms. The first-order valence-electron chi connectivity index (χ1n) is 5.64. The lowest BCUT2D eigenvalue weighted by molar-refractivity contribution is -0.115. The molecule has 2 aromatic carbocycles. The normalized spacial score (nSPS) is 10.4. The van der Waals surface area contributed by atoms with Crippen molar-refractivity contribution in [3.05, 3.63) is 63.6 Å². The third kappa shape index (κ3) is 3.68. The fourth-order valence-corrected chi connectivity index (χ4v) is 1.96. The van der Waals surface area contributed by atoms with Crippen molar-refractivity contribution in [2.24, 2.45) is 0 Å². The van der Waals surface area contributed by atoms with Gasteiger partial charge in [-0.3, -0.25) is 4.79 Å². The first kappa shape index (κ1) is 14.8. The number of nitrogens with one attached hydrogen (secondary N) is 1. The molecule has 6 heteroatoms. The van der Waals surface area contributed by atoms with Gasteiger partial charge in [-0.05, 0) is 35.9 Å². The number of rotatable bonds is 3. The quantitative estimate of drug-likeness (QED) is 0.890. The minimum Gasteiger partial charge on any atom is -0.326 e. The Morgan fingerprint density at radius 1 is 1.05 bits per heavy atom. The molecule has 0 fully saturated rings. The number of carbonyl (C=O) groups is 1. The van der Waals surface area contributed by atoms with Gasteiger partial charge in [0.25, 0.3) is 0 Å². The van der Waals surface area contributed by atoms with E-state index in [1.807, 2.05) is 0 Å². The first-order chi connectivity index (χ1) is 9.45. The SMILES string of the molecule is O=C(Cc1ccc(Cl)cc1F)Nc1ccc(F)c(Cl)c1. The van der Waals surface area contributed by atoms with E-state index in [4.69, 9.17) is 23.2 Å². The van der Waals surface area contributed by atoms with Crippen LogP contribution < -0.4 is 5.32 Å². The molecule has 0 aliphatic heterocycles. The number of benzene rings is 2. The standard InChI is InChI=1S/C14H9Cl2F2NO/c15-9-2-1-8(13(18)6-9)5-14(20)19-10-3-4-12(17)11(16)7-10/h1-4,6-7H,5H2,(H,19,20). The van der Waals surface area contributed by atoms with Crippen molar-refractivity contribution < 1.29 is 13.6 Å². The van der Waals surface area contributed by atoms with E-state index in [1.165, 1.54) is 24.3 Å². The summed E-state index contributed by atoms with van der Waals surface area (Å²) in [6, 6.07) is 7.88. The second kappa shape index (κ2) is 6.20. The average molecular weight is 316 g/mol. The van der Waals surface area contributed by atoms with Crippen LogP contribution in [0.15, 0.2) is 36.4 Å². The van der Waals surface area contributed by atoms with Gasteiger partial charge in [-0.15, -0.1) is 0 Å². The van der Waals surface area contributed by atoms with Gasteiger partial charge in [-0.2, -0.15) is 0 Å². The monoisotopic (exact) mass is 315 g/mol. The van der Waals surface area contributed by atoms with Crippen LogP contribution in [0.2, 0.25) is 10.0 Å². The summed E-state index contributed by atoms with van der Waals surface area (Å²) in [6.45, 7) is 0. The van der Waals surface area contributed by atoms with Gasteiger partial charge in [-0.25, -0.2) is 8.78 Å². The Morgan fingerprint density at radius 3 is 2.45 bits per heavy atom. The molecule has 0 aromatic heterocycles. The van der Waals surface area contributed by atoms with Crippen molar-refractivity contribution in [2.75, 3.05) is 5.32 Å². The molecule has 0 spiro atoms. The second-order valence-corrected chi connectivity index (χ2v) is 4.93. The predicted octanol–water partition coefficient (Wildman–Crippen LogP) is 4.45. The summed E-state index contributed by atoms with van der Waals surface area (Å²) in [5, 5.41) is 2.67. The van der Waals surface area contributed by atoms with Gasteiger partial charge in [0.2, 0.25) is 5.91 Å². The molecule has 0 aliphatic carbocycles. The molecule has 2 rings (SSSR count). The third-order valence-electron chi connectivity index (χ3n) is 2.57. The van der Waals surface area contributed by atoms with E-state index >= 15 is 0 Å². The van der Waals surface area contributed by atoms with Gasteiger partial charge in [-0.1, -0.05) is 29.3 Å². The Labute approximate surface area is 124 Å². The molecule has 2 aromatic rings. The van der Waals surface area contributed by atoms with Crippen LogP contribution in [0.1, 0.15) is 5.56 Å². The zero-order chi connectivity index (χ0) is 14.7. The summed E-state index contributed by atoms with van der Waals surface area (Å²) in [5.74, 6) is -1.56. The molecule has 0 atom stereocenters. The van der Waals surface area contributed by atoms with Crippen LogP contribution in [-0.4, -0.2) is 5.91 Å². The Morgan fingerprint density at radius 2 is 1.80 bits per heavy atom. The van der Waals surface area contributed by atoms with Crippen LogP contribution in [0.3, 0.4) is 0 Å². The largest absolute Gasteiger partial charge is 0.326 e. The van der Waals surface area contributed by atoms with E-state index in [-0.39, 0.29) is 22.0 Å². The van der Waals surface area contributed by atoms with Gasteiger partial charge in [0.1, 0.15) is 11.6 Å². The van der Waals surface area contributed by atoms with Crippen molar-refractivity contribution in [3.63, 3.8) is 0 Å². The van der Waals surface area contributed by atoms with Crippen LogP contribution in [-0.2, 0) is 11.2 Å². The summed E-state index contributed by atoms with van der Waals surface area (Å²) < 4.78 is 26.5. The Hall–Kier alpha value is -1.65. The second-order valence-electron chi connectivity index (χ2n) is 4.09. The number of anilines is 1. The van der Waals surface area contributed by atoms with Crippen LogP contribution >= 0.6 is 23.2 Å². The fraction of sp³-hybridized carbons (Fsp3) is 0.0714. The molecule has 0 aliphatic rings. The molecule has 1 N–H and O–H groups in total. The maximum absolute atomic E-state index is 13.5. The Kier molecular flexibility index (Phi) is 4.57. The molecule has 1 amide bonds. The lowest BCUT2D eigenvalue weighted by Crippen LogP contribution is -2.15. The number of hydrogen-bond acceptors (Lipinski definition) is 1. The topological polar surface area (TPSA) is 29.1 Å². The molecule has 104 valence electrons. The number of amides is 1. The molecule has 0 bridgehead atoms. The highest BCUT2D eigenvalue weighted by atomic mass is 35.5. The van der Waals surface area contributed by atoms with Crippen LogP contribution in [0.25, 0.3) is 0 Å². The summed E-state index contributed by atoms with van der Waals surface area (Å²) in [7, 11) is 0. The van der Waals surface area contributed by atoms with E-state index in [0.717, 1.165) is 12.1 Å². The molecule has 0 saturated carbocycles. The highest BCUT2D eigenvalue weighted by molar-refractivity contribution is 6.31. The highest BCUT2D eigenvalue weighted by Crippen LogP contribution is 2.20. The molecular formula is C14H9Cl2F2NO. The van der Waals surface area contributed by atoms with Crippen molar-refractivity contribution >= 4 is 34.8 Å². The van der Waals surface area contributed by atoms with E-state index in [9.17, 15) is 13.6 Å². The van der Waals surface area contributed by atoms with Gasteiger partial charge >= 0.3 is 0 Å². The van der Waals surface area contributed by atoms with Gasteiger partial charge < -0.3 is 5.32 Å². The minimum atomic E-state index is -0.576. The predicted molar refractivity (Wildman–Crippen MR) is 75.2 cm³/mol. The number of hydrogen-bond donors (Lipinski definition) is 1. The lowest BCUT2D eigenvalue weighted by Gasteiger charge is -2.07. The van der Waals surface area contributed by atoms with Gasteiger partial charge in [0, 0.05) is 10.7 Å². The van der Waals surface area contributed by atoms with Crippen molar-refractivity contribution in [1.29, 1.82) is 0 Å². The van der Waals surface area contributed by atoms with Crippen LogP contribution in [0.5, 0.6) is 0 Å². The summed E-state index contributed by atoms with van der Waals surface area (Å²) in [6.07, 6.45) is -0.155. The zero-order valence-electron chi connectivity index (χ0n) is 10.1.